The van der Waals surface area contributed by atoms with E-state index in [9.17, 15) is 9.18 Å². The summed E-state index contributed by atoms with van der Waals surface area (Å²) in [5.41, 5.74) is 0.854. The van der Waals surface area contributed by atoms with E-state index in [1.165, 1.54) is 19.2 Å². The second-order valence-electron chi connectivity index (χ2n) is 4.01. The minimum atomic E-state index is -0.706. The van der Waals surface area contributed by atoms with Gasteiger partial charge in [0.15, 0.2) is 0 Å². The number of benzene rings is 1. The van der Waals surface area contributed by atoms with Crippen molar-refractivity contribution in [3.05, 3.63) is 34.1 Å². The standard InChI is InChI=1S/C12H15ClFNO2/c1-7-5-9(13)8(6-10(7)14)11(15(2)3)12(16)17-4/h5-6,11H,1-4H3. The third-order valence-corrected chi connectivity index (χ3v) is 2.84. The van der Waals surface area contributed by atoms with Gasteiger partial charge in [-0.05, 0) is 38.7 Å². The Morgan fingerprint density at radius 2 is 2.06 bits per heavy atom. The SMILES string of the molecule is COC(=O)C(c1cc(F)c(C)cc1Cl)N(C)C. The molecule has 5 heteroatoms. The van der Waals surface area contributed by atoms with E-state index in [2.05, 4.69) is 0 Å². The molecule has 0 spiro atoms. The fourth-order valence-corrected chi connectivity index (χ4v) is 1.92. The van der Waals surface area contributed by atoms with Crippen LogP contribution in [0.2, 0.25) is 5.02 Å². The van der Waals surface area contributed by atoms with Crippen molar-refractivity contribution in [1.29, 1.82) is 0 Å². The quantitative estimate of drug-likeness (QED) is 0.782. The van der Waals surface area contributed by atoms with Gasteiger partial charge in [-0.1, -0.05) is 11.6 Å². The number of hydrogen-bond acceptors (Lipinski definition) is 3. The van der Waals surface area contributed by atoms with Crippen LogP contribution >= 0.6 is 11.6 Å². The van der Waals surface area contributed by atoms with Crippen LogP contribution in [0.1, 0.15) is 17.2 Å². The Kier molecular flexibility index (Phi) is 4.48. The molecule has 0 saturated carbocycles. The molecule has 0 radical (unpaired) electrons. The Morgan fingerprint density at radius 1 is 1.47 bits per heavy atom. The number of ether oxygens (including phenoxy) is 1. The largest absolute Gasteiger partial charge is 0.468 e. The van der Waals surface area contributed by atoms with Crippen LogP contribution in [0.15, 0.2) is 12.1 Å². The topological polar surface area (TPSA) is 29.5 Å². The highest BCUT2D eigenvalue weighted by atomic mass is 35.5. The summed E-state index contributed by atoms with van der Waals surface area (Å²) in [6, 6.07) is 2.08. The summed E-state index contributed by atoms with van der Waals surface area (Å²) in [5.74, 6) is -0.861. The number of rotatable bonds is 3. The Balaban J connectivity index is 3.28. The third kappa shape index (κ3) is 2.96. The minimum absolute atomic E-state index is 0.355. The summed E-state index contributed by atoms with van der Waals surface area (Å²) in [5, 5.41) is 0.355. The molecule has 0 bridgehead atoms. The lowest BCUT2D eigenvalue weighted by Crippen LogP contribution is -2.29. The Morgan fingerprint density at radius 3 is 2.53 bits per heavy atom. The van der Waals surface area contributed by atoms with Crippen LogP contribution in [0.5, 0.6) is 0 Å². The number of carbonyl (C=O) groups is 1. The van der Waals surface area contributed by atoms with Crippen LogP contribution in [-0.4, -0.2) is 32.1 Å². The summed E-state index contributed by atoms with van der Waals surface area (Å²) in [6.45, 7) is 1.62. The number of aryl methyl sites for hydroxylation is 1. The highest BCUT2D eigenvalue weighted by Gasteiger charge is 2.26. The van der Waals surface area contributed by atoms with Crippen LogP contribution in [0, 0.1) is 12.7 Å². The first-order valence-corrected chi connectivity index (χ1v) is 5.46. The van der Waals surface area contributed by atoms with Crippen molar-refractivity contribution in [2.24, 2.45) is 0 Å². The molecule has 0 aromatic heterocycles. The fourth-order valence-electron chi connectivity index (χ4n) is 1.60. The van der Waals surface area contributed by atoms with Crippen molar-refractivity contribution < 1.29 is 13.9 Å². The molecule has 1 atom stereocenters. The van der Waals surface area contributed by atoms with E-state index >= 15 is 0 Å². The second kappa shape index (κ2) is 5.47. The fraction of sp³-hybridized carbons (Fsp3) is 0.417. The van der Waals surface area contributed by atoms with Gasteiger partial charge in [-0.3, -0.25) is 4.90 Å². The number of esters is 1. The van der Waals surface area contributed by atoms with Crippen molar-refractivity contribution in [1.82, 2.24) is 4.90 Å². The van der Waals surface area contributed by atoms with Crippen LogP contribution in [0.4, 0.5) is 4.39 Å². The Hall–Kier alpha value is -1.13. The normalized spacial score (nSPS) is 12.6. The number of likely N-dealkylation sites (N-methyl/N-ethyl adjacent to an activating group) is 1. The number of carbonyl (C=O) groups excluding carboxylic acids is 1. The van der Waals surface area contributed by atoms with Gasteiger partial charge in [0.1, 0.15) is 11.9 Å². The van der Waals surface area contributed by atoms with Crippen molar-refractivity contribution in [3.8, 4) is 0 Å². The first kappa shape index (κ1) is 13.9. The minimum Gasteiger partial charge on any atom is -0.468 e. The highest BCUT2D eigenvalue weighted by Crippen LogP contribution is 2.29. The van der Waals surface area contributed by atoms with E-state index in [0.717, 1.165) is 0 Å². The summed E-state index contributed by atoms with van der Waals surface area (Å²) in [7, 11) is 4.70. The average molecular weight is 260 g/mol. The summed E-state index contributed by atoms with van der Waals surface area (Å²) < 4.78 is 18.2. The molecule has 17 heavy (non-hydrogen) atoms. The van der Waals surface area contributed by atoms with Crippen molar-refractivity contribution >= 4 is 17.6 Å². The first-order chi connectivity index (χ1) is 7.88. The maximum Gasteiger partial charge on any atom is 0.327 e. The van der Waals surface area contributed by atoms with Gasteiger partial charge in [0.05, 0.1) is 7.11 Å². The average Bonchev–Trinajstić information content (AvgIpc) is 2.25. The van der Waals surface area contributed by atoms with Gasteiger partial charge in [0.25, 0.3) is 0 Å². The smallest absolute Gasteiger partial charge is 0.327 e. The van der Waals surface area contributed by atoms with Gasteiger partial charge < -0.3 is 4.74 Å². The van der Waals surface area contributed by atoms with Gasteiger partial charge in [-0.2, -0.15) is 0 Å². The molecular formula is C12H15ClFNO2. The van der Waals surface area contributed by atoms with Crippen LogP contribution in [-0.2, 0) is 9.53 Å². The molecule has 1 aromatic carbocycles. The number of hydrogen-bond donors (Lipinski definition) is 0. The van der Waals surface area contributed by atoms with Gasteiger partial charge >= 0.3 is 5.97 Å². The number of halogens is 2. The Labute approximate surface area is 105 Å². The van der Waals surface area contributed by atoms with Gasteiger partial charge in [0.2, 0.25) is 0 Å². The van der Waals surface area contributed by atoms with Gasteiger partial charge in [-0.15, -0.1) is 0 Å². The van der Waals surface area contributed by atoms with Crippen molar-refractivity contribution in [2.75, 3.05) is 21.2 Å². The molecule has 0 saturated heterocycles. The molecule has 1 aromatic rings. The summed E-state index contributed by atoms with van der Waals surface area (Å²) in [4.78, 5) is 13.3. The summed E-state index contributed by atoms with van der Waals surface area (Å²) >= 11 is 6.04. The van der Waals surface area contributed by atoms with Gasteiger partial charge in [-0.25, -0.2) is 9.18 Å². The zero-order valence-electron chi connectivity index (χ0n) is 10.3. The van der Waals surface area contributed by atoms with E-state index in [0.29, 0.717) is 16.1 Å². The zero-order chi connectivity index (χ0) is 13.2. The number of methoxy groups -OCH3 is 1. The lowest BCUT2D eigenvalue weighted by atomic mass is 10.0. The zero-order valence-corrected chi connectivity index (χ0v) is 11.0. The maximum absolute atomic E-state index is 13.5. The van der Waals surface area contributed by atoms with Crippen molar-refractivity contribution in [2.45, 2.75) is 13.0 Å². The first-order valence-electron chi connectivity index (χ1n) is 5.08. The lowest BCUT2D eigenvalue weighted by molar-refractivity contribution is -0.146. The molecule has 0 heterocycles. The molecule has 0 aliphatic heterocycles. The van der Waals surface area contributed by atoms with Gasteiger partial charge in [0, 0.05) is 10.6 Å². The summed E-state index contributed by atoms with van der Waals surface area (Å²) in [6.07, 6.45) is 0. The molecule has 0 fully saturated rings. The monoisotopic (exact) mass is 259 g/mol. The maximum atomic E-state index is 13.5. The van der Waals surface area contributed by atoms with E-state index < -0.39 is 12.0 Å². The molecule has 94 valence electrons. The van der Waals surface area contributed by atoms with Crippen LogP contribution < -0.4 is 0 Å². The molecule has 1 rings (SSSR count). The predicted molar refractivity (Wildman–Crippen MR) is 64.6 cm³/mol. The Bertz CT molecular complexity index is 435. The van der Waals surface area contributed by atoms with Crippen LogP contribution in [0.25, 0.3) is 0 Å². The molecule has 3 nitrogen and oxygen atoms in total. The van der Waals surface area contributed by atoms with E-state index in [1.807, 2.05) is 0 Å². The number of nitrogens with zero attached hydrogens (tertiary/aromatic N) is 1. The van der Waals surface area contributed by atoms with E-state index in [-0.39, 0.29) is 5.82 Å². The predicted octanol–water partition coefficient (Wildman–Crippen LogP) is 2.56. The van der Waals surface area contributed by atoms with E-state index in [1.54, 1.807) is 25.9 Å². The van der Waals surface area contributed by atoms with E-state index in [4.69, 9.17) is 16.3 Å². The molecular weight excluding hydrogens is 245 g/mol. The molecule has 0 amide bonds. The second-order valence-corrected chi connectivity index (χ2v) is 4.42. The lowest BCUT2D eigenvalue weighted by Gasteiger charge is -2.23. The third-order valence-electron chi connectivity index (χ3n) is 2.51. The van der Waals surface area contributed by atoms with Crippen molar-refractivity contribution in [3.63, 3.8) is 0 Å². The molecule has 0 N–H and O–H groups in total. The van der Waals surface area contributed by atoms with Crippen LogP contribution in [0.3, 0.4) is 0 Å². The molecule has 1 unspecified atom stereocenters. The molecule has 0 aliphatic rings. The molecule has 0 aliphatic carbocycles. The highest BCUT2D eigenvalue weighted by molar-refractivity contribution is 6.31.